The largest absolute Gasteiger partial charge is 0.325 e. The lowest BCUT2D eigenvalue weighted by Gasteiger charge is -2.03. The summed E-state index contributed by atoms with van der Waals surface area (Å²) in [5, 5.41) is 19.5. The Morgan fingerprint density at radius 3 is 2.71 bits per heavy atom. The predicted molar refractivity (Wildman–Crippen MR) is 63.1 cm³/mol. The van der Waals surface area contributed by atoms with Crippen LogP contribution >= 0.6 is 23.2 Å². The second-order valence-electron chi connectivity index (χ2n) is 3.17. The fourth-order valence-corrected chi connectivity index (χ4v) is 2.02. The standard InChI is InChI=1S/C10H3Cl2N3O2/c11-8-6-3-5(4-13)1-2-7(6)14-10(12)9(8)15(16)17/h1-3H. The van der Waals surface area contributed by atoms with Gasteiger partial charge in [-0.15, -0.1) is 0 Å². The Hall–Kier alpha value is -1.90. The molecule has 17 heavy (non-hydrogen) atoms. The molecule has 0 unspecified atom stereocenters. The zero-order chi connectivity index (χ0) is 12.6. The number of fused-ring (bicyclic) bond motifs is 1. The van der Waals surface area contributed by atoms with Crippen LogP contribution in [0.2, 0.25) is 10.2 Å². The number of halogens is 2. The summed E-state index contributed by atoms with van der Waals surface area (Å²) in [7, 11) is 0. The highest BCUT2D eigenvalue weighted by Gasteiger charge is 2.22. The first-order chi connectivity index (χ1) is 8.04. The third-order valence-corrected chi connectivity index (χ3v) is 2.81. The van der Waals surface area contributed by atoms with Crippen molar-refractivity contribution < 1.29 is 4.92 Å². The lowest BCUT2D eigenvalue weighted by molar-refractivity contribution is -0.384. The Balaban J connectivity index is 2.89. The van der Waals surface area contributed by atoms with Crippen LogP contribution in [-0.2, 0) is 0 Å². The van der Waals surface area contributed by atoms with Gasteiger partial charge in [-0.05, 0) is 18.2 Å². The van der Waals surface area contributed by atoms with Crippen molar-refractivity contribution in [2.24, 2.45) is 0 Å². The first-order valence-electron chi connectivity index (χ1n) is 4.38. The number of rotatable bonds is 1. The summed E-state index contributed by atoms with van der Waals surface area (Å²) < 4.78 is 0. The molecular formula is C10H3Cl2N3O2. The van der Waals surface area contributed by atoms with Gasteiger partial charge in [0.1, 0.15) is 5.02 Å². The van der Waals surface area contributed by atoms with E-state index in [1.54, 1.807) is 0 Å². The zero-order valence-electron chi connectivity index (χ0n) is 8.15. The normalized spacial score (nSPS) is 10.2. The van der Waals surface area contributed by atoms with E-state index in [9.17, 15) is 10.1 Å². The maximum absolute atomic E-state index is 10.8. The number of nitriles is 1. The van der Waals surface area contributed by atoms with Crippen LogP contribution in [0.5, 0.6) is 0 Å². The maximum atomic E-state index is 10.8. The lowest BCUT2D eigenvalue weighted by Crippen LogP contribution is -1.94. The topological polar surface area (TPSA) is 79.8 Å². The Bertz CT molecular complexity index is 679. The second kappa shape index (κ2) is 4.17. The maximum Gasteiger partial charge on any atom is 0.325 e. The van der Waals surface area contributed by atoms with Crippen molar-refractivity contribution in [3.8, 4) is 6.07 Å². The van der Waals surface area contributed by atoms with E-state index in [2.05, 4.69) is 4.98 Å². The van der Waals surface area contributed by atoms with E-state index >= 15 is 0 Å². The molecular weight excluding hydrogens is 265 g/mol. The fraction of sp³-hybridized carbons (Fsp3) is 0. The average Bonchev–Trinajstić information content (AvgIpc) is 2.28. The number of nitro groups is 1. The monoisotopic (exact) mass is 267 g/mol. The Morgan fingerprint density at radius 2 is 2.12 bits per heavy atom. The lowest BCUT2D eigenvalue weighted by atomic mass is 10.1. The van der Waals surface area contributed by atoms with Crippen molar-refractivity contribution >= 4 is 39.8 Å². The molecule has 5 nitrogen and oxygen atoms in total. The van der Waals surface area contributed by atoms with Crippen LogP contribution in [0.3, 0.4) is 0 Å². The molecule has 0 aliphatic heterocycles. The summed E-state index contributed by atoms with van der Waals surface area (Å²) in [6, 6.07) is 6.43. The Kier molecular flexibility index (Phi) is 2.84. The molecule has 2 rings (SSSR count). The van der Waals surface area contributed by atoms with Gasteiger partial charge in [-0.1, -0.05) is 23.2 Å². The van der Waals surface area contributed by atoms with Crippen molar-refractivity contribution in [2.45, 2.75) is 0 Å². The van der Waals surface area contributed by atoms with Gasteiger partial charge in [0.25, 0.3) is 0 Å². The van der Waals surface area contributed by atoms with Gasteiger partial charge >= 0.3 is 5.69 Å². The molecule has 0 fully saturated rings. The Labute approximate surface area is 105 Å². The highest BCUT2D eigenvalue weighted by Crippen LogP contribution is 2.36. The first kappa shape index (κ1) is 11.6. The summed E-state index contributed by atoms with van der Waals surface area (Å²) in [6.07, 6.45) is 0. The summed E-state index contributed by atoms with van der Waals surface area (Å²) in [5.74, 6) is 0. The minimum absolute atomic E-state index is 0.109. The van der Waals surface area contributed by atoms with Crippen molar-refractivity contribution in [3.63, 3.8) is 0 Å². The molecule has 0 saturated heterocycles. The van der Waals surface area contributed by atoms with Crippen molar-refractivity contribution in [1.29, 1.82) is 5.26 Å². The van der Waals surface area contributed by atoms with Crippen molar-refractivity contribution in [1.82, 2.24) is 4.98 Å². The van der Waals surface area contributed by atoms with Gasteiger partial charge in [0.05, 0.1) is 22.1 Å². The van der Waals surface area contributed by atoms with Crippen LogP contribution in [0.4, 0.5) is 5.69 Å². The van der Waals surface area contributed by atoms with Crippen LogP contribution in [-0.4, -0.2) is 9.91 Å². The fourth-order valence-electron chi connectivity index (χ4n) is 1.41. The van der Waals surface area contributed by atoms with E-state index < -0.39 is 10.6 Å². The van der Waals surface area contributed by atoms with E-state index in [1.165, 1.54) is 18.2 Å². The molecule has 0 amide bonds. The third kappa shape index (κ3) is 1.88. The van der Waals surface area contributed by atoms with Gasteiger partial charge in [0.15, 0.2) is 0 Å². The minimum atomic E-state index is -0.698. The van der Waals surface area contributed by atoms with Gasteiger partial charge in [-0.2, -0.15) is 5.26 Å². The molecule has 0 aliphatic carbocycles. The second-order valence-corrected chi connectivity index (χ2v) is 3.90. The smallest absolute Gasteiger partial charge is 0.258 e. The van der Waals surface area contributed by atoms with Crippen LogP contribution in [0, 0.1) is 21.4 Å². The third-order valence-electron chi connectivity index (χ3n) is 2.17. The quantitative estimate of drug-likeness (QED) is 0.451. The van der Waals surface area contributed by atoms with Gasteiger partial charge in [0, 0.05) is 5.39 Å². The molecule has 1 aromatic heterocycles. The molecule has 0 saturated carbocycles. The Morgan fingerprint density at radius 1 is 1.41 bits per heavy atom. The van der Waals surface area contributed by atoms with Gasteiger partial charge in [0.2, 0.25) is 5.15 Å². The summed E-state index contributed by atoms with van der Waals surface area (Å²) in [6.45, 7) is 0. The SMILES string of the molecule is N#Cc1ccc2nc(Cl)c([N+](=O)[O-])c(Cl)c2c1. The van der Waals surface area contributed by atoms with Crippen molar-refractivity contribution in [2.75, 3.05) is 0 Å². The van der Waals surface area contributed by atoms with Gasteiger partial charge in [-0.25, -0.2) is 4.98 Å². The zero-order valence-corrected chi connectivity index (χ0v) is 9.66. The number of hydrogen-bond acceptors (Lipinski definition) is 4. The summed E-state index contributed by atoms with van der Waals surface area (Å²) >= 11 is 11.6. The van der Waals surface area contributed by atoms with E-state index in [1.807, 2.05) is 6.07 Å². The van der Waals surface area contributed by atoms with Crippen LogP contribution in [0.1, 0.15) is 5.56 Å². The number of hydrogen-bond donors (Lipinski definition) is 0. The van der Waals surface area contributed by atoms with E-state index in [0.29, 0.717) is 16.5 Å². The number of pyridine rings is 1. The summed E-state index contributed by atoms with van der Waals surface area (Å²) in [4.78, 5) is 13.9. The molecule has 0 aliphatic rings. The number of aromatic nitrogens is 1. The van der Waals surface area contributed by atoms with Crippen LogP contribution in [0.15, 0.2) is 18.2 Å². The van der Waals surface area contributed by atoms with Crippen LogP contribution in [0.25, 0.3) is 10.9 Å². The molecule has 7 heteroatoms. The predicted octanol–water partition coefficient (Wildman–Crippen LogP) is 3.32. The van der Waals surface area contributed by atoms with Gasteiger partial charge < -0.3 is 0 Å². The van der Waals surface area contributed by atoms with Gasteiger partial charge in [-0.3, -0.25) is 10.1 Å². The molecule has 0 radical (unpaired) electrons. The van der Waals surface area contributed by atoms with E-state index in [-0.39, 0.29) is 10.2 Å². The minimum Gasteiger partial charge on any atom is -0.258 e. The van der Waals surface area contributed by atoms with Crippen molar-refractivity contribution in [3.05, 3.63) is 44.1 Å². The highest BCUT2D eigenvalue weighted by molar-refractivity contribution is 6.41. The molecule has 0 atom stereocenters. The van der Waals surface area contributed by atoms with Crippen LogP contribution < -0.4 is 0 Å². The molecule has 1 aromatic carbocycles. The van der Waals surface area contributed by atoms with E-state index in [0.717, 1.165) is 0 Å². The molecule has 0 bridgehead atoms. The average molecular weight is 268 g/mol. The number of benzene rings is 1. The first-order valence-corrected chi connectivity index (χ1v) is 5.13. The molecule has 0 spiro atoms. The number of nitrogens with zero attached hydrogens (tertiary/aromatic N) is 3. The summed E-state index contributed by atoms with van der Waals surface area (Å²) in [5.41, 5.74) is 0.304. The molecule has 0 N–H and O–H groups in total. The highest BCUT2D eigenvalue weighted by atomic mass is 35.5. The van der Waals surface area contributed by atoms with E-state index in [4.69, 9.17) is 28.5 Å². The molecule has 2 aromatic rings. The molecule has 84 valence electrons. The molecule has 1 heterocycles.